The summed E-state index contributed by atoms with van der Waals surface area (Å²) in [5.41, 5.74) is 6.59. The van der Waals surface area contributed by atoms with Crippen LogP contribution in [0.4, 0.5) is 17.2 Å². The van der Waals surface area contributed by atoms with Gasteiger partial charge in [0.2, 0.25) is 0 Å². The third kappa shape index (κ3) is 7.17. The number of aliphatic carboxylic acids is 1. The van der Waals surface area contributed by atoms with Crippen molar-refractivity contribution in [1.29, 1.82) is 0 Å². The lowest BCUT2D eigenvalue weighted by Gasteiger charge is -2.41. The summed E-state index contributed by atoms with van der Waals surface area (Å²) in [6.45, 7) is 6.68. The number of fused-ring (bicyclic) bond motifs is 2. The predicted molar refractivity (Wildman–Crippen MR) is 212 cm³/mol. The number of carbonyl (C=O) groups is 2. The van der Waals surface area contributed by atoms with Gasteiger partial charge < -0.3 is 30.7 Å². The molecule has 2 aliphatic heterocycles. The Bertz CT molecular complexity index is 2300. The Hall–Kier alpha value is -4.95. The van der Waals surface area contributed by atoms with Crippen LogP contribution in [0.2, 0.25) is 5.02 Å². The number of anilines is 3. The number of halogens is 1. The lowest BCUT2D eigenvalue weighted by molar-refractivity contribution is -0.150. The first-order chi connectivity index (χ1) is 26.4. The molecule has 8 rings (SSSR count). The minimum absolute atomic E-state index is 0.309. The van der Waals surface area contributed by atoms with Crippen LogP contribution in [0.25, 0.3) is 22.2 Å². The lowest BCUT2D eigenvalue weighted by atomic mass is 9.73. The number of nitrogens with one attached hydrogen (secondary N) is 3. The van der Waals surface area contributed by atoms with Crippen molar-refractivity contribution < 1.29 is 19.8 Å². The van der Waals surface area contributed by atoms with Gasteiger partial charge in [-0.05, 0) is 87.4 Å². The van der Waals surface area contributed by atoms with Crippen molar-refractivity contribution in [3.8, 4) is 11.1 Å². The number of nitrogens with zero attached hydrogens (tertiary/aromatic N) is 6. The molecule has 0 bridgehead atoms. The maximum atomic E-state index is 13.8. The third-order valence-corrected chi connectivity index (χ3v) is 12.4. The molecule has 5 N–H and O–H groups in total. The summed E-state index contributed by atoms with van der Waals surface area (Å²) in [5, 5.41) is 30.6. The minimum atomic E-state index is -0.783. The molecule has 2 fully saturated rings. The van der Waals surface area contributed by atoms with Crippen LogP contribution >= 0.6 is 11.6 Å². The van der Waals surface area contributed by atoms with Gasteiger partial charge in [0.05, 0.1) is 32.9 Å². The Balaban J connectivity index is 0.981. The lowest BCUT2D eigenvalue weighted by Crippen LogP contribution is -2.44. The molecule has 1 amide bonds. The van der Waals surface area contributed by atoms with E-state index < -0.39 is 17.0 Å². The van der Waals surface area contributed by atoms with E-state index in [-0.39, 0.29) is 5.91 Å². The fourth-order valence-corrected chi connectivity index (χ4v) is 8.80. The van der Waals surface area contributed by atoms with Gasteiger partial charge in [0.1, 0.15) is 11.8 Å². The van der Waals surface area contributed by atoms with Crippen molar-refractivity contribution in [3.05, 3.63) is 88.4 Å². The van der Waals surface area contributed by atoms with Crippen molar-refractivity contribution in [2.75, 3.05) is 30.3 Å². The largest absolute Gasteiger partial charge is 0.481 e. The van der Waals surface area contributed by atoms with E-state index in [2.05, 4.69) is 30.8 Å². The molecule has 1 aliphatic carbocycles. The van der Waals surface area contributed by atoms with Crippen LogP contribution < -0.4 is 16.0 Å². The molecule has 5 aromatic rings. The Labute approximate surface area is 324 Å². The first kappa shape index (κ1) is 37.0. The van der Waals surface area contributed by atoms with Crippen LogP contribution in [0.1, 0.15) is 72.2 Å². The van der Waals surface area contributed by atoms with E-state index in [9.17, 15) is 19.8 Å². The van der Waals surface area contributed by atoms with Crippen molar-refractivity contribution >= 4 is 51.7 Å². The number of aliphatic hydroxyl groups is 1. The van der Waals surface area contributed by atoms with E-state index in [1.165, 1.54) is 6.33 Å². The summed E-state index contributed by atoms with van der Waals surface area (Å²) in [5.74, 6) is -0.175. The third-order valence-electron chi connectivity index (χ3n) is 12.0. The van der Waals surface area contributed by atoms with Gasteiger partial charge in [0.15, 0.2) is 11.6 Å². The van der Waals surface area contributed by atoms with Gasteiger partial charge in [-0.15, -0.1) is 0 Å². The maximum Gasteiger partial charge on any atom is 0.309 e. The number of aromatic nitrogens is 5. The first-order valence-corrected chi connectivity index (χ1v) is 19.3. The first-order valence-electron chi connectivity index (χ1n) is 18.9. The molecule has 0 radical (unpaired) electrons. The molecule has 55 heavy (non-hydrogen) atoms. The highest BCUT2D eigenvalue weighted by Gasteiger charge is 2.40. The average molecular weight is 764 g/mol. The zero-order valence-corrected chi connectivity index (χ0v) is 32.1. The molecule has 3 aromatic heterocycles. The molecule has 1 saturated carbocycles. The van der Waals surface area contributed by atoms with Crippen LogP contribution in [0.5, 0.6) is 0 Å². The van der Waals surface area contributed by atoms with E-state index in [1.54, 1.807) is 12.3 Å². The number of amides is 1. The summed E-state index contributed by atoms with van der Waals surface area (Å²) in [4.78, 5) is 46.4. The molecule has 3 aliphatic rings. The Morgan fingerprint density at radius 3 is 2.56 bits per heavy atom. The van der Waals surface area contributed by atoms with Crippen LogP contribution in [0.3, 0.4) is 0 Å². The van der Waals surface area contributed by atoms with Crippen LogP contribution in [-0.4, -0.2) is 82.8 Å². The summed E-state index contributed by atoms with van der Waals surface area (Å²) in [6.07, 6.45) is 8.25. The summed E-state index contributed by atoms with van der Waals surface area (Å²) >= 11 is 7.05. The van der Waals surface area contributed by atoms with Gasteiger partial charge in [-0.25, -0.2) is 15.0 Å². The second-order valence-corrected chi connectivity index (χ2v) is 16.1. The molecule has 13 nitrogen and oxygen atoms in total. The Kier molecular flexibility index (Phi) is 9.83. The number of pyridine rings is 1. The number of β-amino-alcohol motifs (C(OH)–C–C–N with tert-alkyl or cyclic N) is 1. The zero-order chi connectivity index (χ0) is 38.5. The Morgan fingerprint density at radius 1 is 1.05 bits per heavy atom. The van der Waals surface area contributed by atoms with Crippen molar-refractivity contribution in [1.82, 2.24) is 34.7 Å². The normalized spacial score (nSPS) is 22.7. The van der Waals surface area contributed by atoms with E-state index in [0.29, 0.717) is 78.2 Å². The summed E-state index contributed by atoms with van der Waals surface area (Å²) in [6, 6.07) is 13.8. The number of carbonyl (C=O) groups excluding carboxylic acids is 1. The molecule has 0 spiro atoms. The average Bonchev–Trinajstić information content (AvgIpc) is 3.75. The van der Waals surface area contributed by atoms with Gasteiger partial charge in [-0.2, -0.15) is 0 Å². The second kappa shape index (κ2) is 14.6. The van der Waals surface area contributed by atoms with E-state index in [1.807, 2.05) is 61.9 Å². The highest BCUT2D eigenvalue weighted by atomic mass is 35.5. The number of imidazole rings is 1. The van der Waals surface area contributed by atoms with Crippen molar-refractivity contribution in [2.24, 2.45) is 12.5 Å². The number of benzene rings is 2. The molecular formula is C41H46ClN9O4. The number of hydrogen-bond donors (Lipinski definition) is 5. The molecule has 14 heteroatoms. The van der Waals surface area contributed by atoms with Gasteiger partial charge in [0.25, 0.3) is 5.91 Å². The van der Waals surface area contributed by atoms with Crippen molar-refractivity contribution in [2.45, 2.75) is 77.0 Å². The van der Waals surface area contributed by atoms with Crippen molar-refractivity contribution in [3.63, 3.8) is 0 Å². The summed E-state index contributed by atoms with van der Waals surface area (Å²) < 4.78 is 1.88. The molecule has 1 saturated heterocycles. The van der Waals surface area contributed by atoms with Crippen LogP contribution in [0, 0.1) is 12.3 Å². The highest BCUT2D eigenvalue weighted by molar-refractivity contribution is 6.36. The number of rotatable bonds is 9. The van der Waals surface area contributed by atoms with Gasteiger partial charge in [-0.1, -0.05) is 35.9 Å². The fourth-order valence-electron chi connectivity index (χ4n) is 8.52. The molecule has 2 aromatic carbocycles. The number of carboxylic acids is 1. The molecule has 5 heterocycles. The minimum Gasteiger partial charge on any atom is -0.481 e. The van der Waals surface area contributed by atoms with Gasteiger partial charge in [0, 0.05) is 68.7 Å². The molecule has 1 atom stereocenters. The zero-order valence-electron chi connectivity index (χ0n) is 31.3. The fraction of sp³-hybridized carbons (Fsp3) is 0.415. The Morgan fingerprint density at radius 2 is 1.82 bits per heavy atom. The standard InChI is InChI=1S/C41H46ClN9O4/c1-24-27(6-4-8-29(24)47-36-35-31(45-23-46-36)18-25(20-44-35)19-41(55)15-16-43-22-41)28-7-5-9-30(34(28)42)49-38(52)37-48-32-21-51(17-12-33(32)50(37)3)26-10-13-40(2,14-11-26)39(53)54/h4-9,18,20,23,26,43,55H,10-17,19,21-22H2,1-3H3,(H,49,52)(H,53,54)(H,45,46,47)/t26?,40?,41-/m1/s1. The van der Waals surface area contributed by atoms with E-state index >= 15 is 0 Å². The SMILES string of the molecule is Cc1c(Nc2ncnc3cc(C[C@]4(O)CCNC4)cnc23)cccc1-c1cccc(NC(=O)c2nc3c(n2C)CCN(C2CCC(C)(C(=O)O)CC2)C3)c1Cl. The summed E-state index contributed by atoms with van der Waals surface area (Å²) in [7, 11) is 1.88. The predicted octanol–water partition coefficient (Wildman–Crippen LogP) is 6.04. The smallest absolute Gasteiger partial charge is 0.309 e. The second-order valence-electron chi connectivity index (χ2n) is 15.7. The monoisotopic (exact) mass is 763 g/mol. The molecule has 0 unspecified atom stereocenters. The highest BCUT2D eigenvalue weighted by Crippen LogP contribution is 2.40. The van der Waals surface area contributed by atoms with E-state index in [4.69, 9.17) is 21.6 Å². The van der Waals surface area contributed by atoms with E-state index in [0.717, 1.165) is 71.7 Å². The quantitative estimate of drug-likeness (QED) is 0.119. The van der Waals surface area contributed by atoms with Crippen LogP contribution in [-0.2, 0) is 31.2 Å². The van der Waals surface area contributed by atoms with Crippen LogP contribution in [0.15, 0.2) is 55.0 Å². The van der Waals surface area contributed by atoms with Gasteiger partial charge in [-0.3, -0.25) is 19.5 Å². The molecule has 286 valence electrons. The maximum absolute atomic E-state index is 13.8. The van der Waals surface area contributed by atoms with Gasteiger partial charge >= 0.3 is 5.97 Å². The number of hydrogen-bond acceptors (Lipinski definition) is 10. The molecular weight excluding hydrogens is 718 g/mol. The topological polar surface area (TPSA) is 170 Å². The number of carboxylic acid groups (broad SMARTS) is 1.